The van der Waals surface area contributed by atoms with E-state index >= 15 is 0 Å². The van der Waals surface area contributed by atoms with Crippen molar-refractivity contribution in [3.05, 3.63) is 58.6 Å². The fourth-order valence-corrected chi connectivity index (χ4v) is 3.54. The Bertz CT molecular complexity index is 945. The van der Waals surface area contributed by atoms with E-state index in [0.29, 0.717) is 35.1 Å². The minimum absolute atomic E-state index is 0.0478. The third-order valence-electron chi connectivity index (χ3n) is 4.05. The maximum atomic E-state index is 12.3. The first-order chi connectivity index (χ1) is 12.8. The normalized spacial score (nSPS) is 14.6. The Morgan fingerprint density at radius 1 is 1.22 bits per heavy atom. The highest BCUT2D eigenvalue weighted by Crippen LogP contribution is 2.23. The zero-order valence-electron chi connectivity index (χ0n) is 14.4. The lowest BCUT2D eigenvalue weighted by Gasteiger charge is -2.26. The average molecular weight is 411 g/mol. The predicted octanol–water partition coefficient (Wildman–Crippen LogP) is 2.08. The molecule has 0 atom stereocenters. The van der Waals surface area contributed by atoms with Gasteiger partial charge in [0.05, 0.1) is 31.1 Å². The summed E-state index contributed by atoms with van der Waals surface area (Å²) in [5.74, 6) is -0.320. The molecule has 0 radical (unpaired) electrons. The SMILES string of the molecule is NS(=O)(=O)c1cc(NC(=O)Cc2ccccc2Cl)ccc1COC1COC1. The number of rotatable bonds is 7. The van der Waals surface area contributed by atoms with E-state index in [1.54, 1.807) is 36.4 Å². The maximum absolute atomic E-state index is 12.3. The van der Waals surface area contributed by atoms with Gasteiger partial charge in [0, 0.05) is 10.7 Å². The predicted molar refractivity (Wildman–Crippen MR) is 101 cm³/mol. The number of hydrogen-bond donors (Lipinski definition) is 2. The zero-order chi connectivity index (χ0) is 19.4. The van der Waals surface area contributed by atoms with Crippen LogP contribution in [0.4, 0.5) is 5.69 Å². The molecule has 0 saturated carbocycles. The van der Waals surface area contributed by atoms with E-state index in [-0.39, 0.29) is 29.9 Å². The molecule has 0 bridgehead atoms. The first-order valence-corrected chi connectivity index (χ1v) is 10.1. The number of amides is 1. The number of primary sulfonamides is 1. The number of nitrogens with two attached hydrogens (primary N) is 1. The van der Waals surface area contributed by atoms with Crippen molar-refractivity contribution in [3.63, 3.8) is 0 Å². The molecule has 27 heavy (non-hydrogen) atoms. The summed E-state index contributed by atoms with van der Waals surface area (Å²) in [5, 5.41) is 8.47. The zero-order valence-corrected chi connectivity index (χ0v) is 15.9. The molecule has 0 aliphatic carbocycles. The molecule has 2 aromatic rings. The van der Waals surface area contributed by atoms with Crippen molar-refractivity contribution in [1.29, 1.82) is 0 Å². The number of nitrogens with one attached hydrogen (secondary N) is 1. The molecule has 1 aliphatic heterocycles. The largest absolute Gasteiger partial charge is 0.376 e. The van der Waals surface area contributed by atoms with Crippen molar-refractivity contribution in [2.24, 2.45) is 5.14 Å². The molecule has 0 spiro atoms. The summed E-state index contributed by atoms with van der Waals surface area (Å²) in [6, 6.07) is 11.5. The van der Waals surface area contributed by atoms with Crippen molar-refractivity contribution < 1.29 is 22.7 Å². The summed E-state index contributed by atoms with van der Waals surface area (Å²) >= 11 is 6.06. The van der Waals surface area contributed by atoms with Crippen molar-refractivity contribution in [2.75, 3.05) is 18.5 Å². The molecular formula is C18H19ClN2O5S. The highest BCUT2D eigenvalue weighted by molar-refractivity contribution is 7.89. The van der Waals surface area contributed by atoms with Gasteiger partial charge in [-0.25, -0.2) is 13.6 Å². The van der Waals surface area contributed by atoms with Crippen LogP contribution >= 0.6 is 11.6 Å². The van der Waals surface area contributed by atoms with Crippen molar-refractivity contribution in [3.8, 4) is 0 Å². The van der Waals surface area contributed by atoms with E-state index in [1.165, 1.54) is 6.07 Å². The van der Waals surface area contributed by atoms with Gasteiger partial charge in [-0.1, -0.05) is 35.9 Å². The number of halogens is 1. The Balaban J connectivity index is 1.73. The standard InChI is InChI=1S/C18H19ClN2O5S/c19-16-4-2-1-3-12(16)7-18(22)21-14-6-5-13(9-26-15-10-25-11-15)17(8-14)27(20,23)24/h1-6,8,15H,7,9-11H2,(H,21,22)(H2,20,23,24). The molecular weight excluding hydrogens is 392 g/mol. The maximum Gasteiger partial charge on any atom is 0.238 e. The lowest BCUT2D eigenvalue weighted by atomic mass is 10.1. The van der Waals surface area contributed by atoms with Crippen LogP contribution in [0.2, 0.25) is 5.02 Å². The summed E-state index contributed by atoms with van der Waals surface area (Å²) in [6.45, 7) is 1.06. The van der Waals surface area contributed by atoms with E-state index in [4.69, 9.17) is 26.2 Å². The number of carbonyl (C=O) groups is 1. The molecule has 7 nitrogen and oxygen atoms in total. The molecule has 3 rings (SSSR count). The number of ether oxygens (including phenoxy) is 2. The molecule has 0 unspecified atom stereocenters. The van der Waals surface area contributed by atoms with Gasteiger partial charge in [-0.05, 0) is 29.3 Å². The average Bonchev–Trinajstić information content (AvgIpc) is 2.55. The molecule has 1 saturated heterocycles. The van der Waals surface area contributed by atoms with Crippen LogP contribution in [0.5, 0.6) is 0 Å². The molecule has 1 heterocycles. The molecule has 1 fully saturated rings. The lowest BCUT2D eigenvalue weighted by Crippen LogP contribution is -2.36. The van der Waals surface area contributed by atoms with Crippen LogP contribution in [0.15, 0.2) is 47.4 Å². The van der Waals surface area contributed by atoms with E-state index in [9.17, 15) is 13.2 Å². The Labute approximate surface area is 162 Å². The second-order valence-corrected chi connectivity index (χ2v) is 8.09. The minimum Gasteiger partial charge on any atom is -0.376 e. The molecule has 9 heteroatoms. The van der Waals surface area contributed by atoms with Crippen LogP contribution in [-0.2, 0) is 37.3 Å². The molecule has 144 valence electrons. The molecule has 1 amide bonds. The van der Waals surface area contributed by atoms with Crippen molar-refractivity contribution in [1.82, 2.24) is 0 Å². The number of carbonyl (C=O) groups excluding carboxylic acids is 1. The van der Waals surface area contributed by atoms with E-state index < -0.39 is 10.0 Å². The van der Waals surface area contributed by atoms with Crippen LogP contribution in [0.1, 0.15) is 11.1 Å². The Morgan fingerprint density at radius 3 is 2.59 bits per heavy atom. The number of sulfonamides is 1. The van der Waals surface area contributed by atoms with Gasteiger partial charge in [0.1, 0.15) is 6.10 Å². The third-order valence-corrected chi connectivity index (χ3v) is 5.41. The fourth-order valence-electron chi connectivity index (χ4n) is 2.55. The first kappa shape index (κ1) is 19.8. The highest BCUT2D eigenvalue weighted by Gasteiger charge is 2.21. The summed E-state index contributed by atoms with van der Waals surface area (Å²) in [5.41, 5.74) is 1.43. The van der Waals surface area contributed by atoms with Gasteiger partial charge in [-0.2, -0.15) is 0 Å². The van der Waals surface area contributed by atoms with E-state index in [1.807, 2.05) is 0 Å². The van der Waals surface area contributed by atoms with Crippen molar-refractivity contribution >= 4 is 33.2 Å². The quantitative estimate of drug-likeness (QED) is 0.726. The van der Waals surface area contributed by atoms with Gasteiger partial charge in [-0.15, -0.1) is 0 Å². The van der Waals surface area contributed by atoms with Crippen LogP contribution in [0.25, 0.3) is 0 Å². The number of benzene rings is 2. The van der Waals surface area contributed by atoms with Crippen LogP contribution in [0, 0.1) is 0 Å². The fraction of sp³-hybridized carbons (Fsp3) is 0.278. The molecule has 3 N–H and O–H groups in total. The number of hydrogen-bond acceptors (Lipinski definition) is 5. The monoisotopic (exact) mass is 410 g/mol. The topological polar surface area (TPSA) is 108 Å². The second-order valence-electron chi connectivity index (χ2n) is 6.15. The molecule has 2 aromatic carbocycles. The van der Waals surface area contributed by atoms with Gasteiger partial charge in [0.2, 0.25) is 15.9 Å². The summed E-state index contributed by atoms with van der Waals surface area (Å²) in [4.78, 5) is 12.2. The Hall–Kier alpha value is -1.97. The van der Waals surface area contributed by atoms with Gasteiger partial charge < -0.3 is 14.8 Å². The number of anilines is 1. The van der Waals surface area contributed by atoms with Gasteiger partial charge >= 0.3 is 0 Å². The van der Waals surface area contributed by atoms with Gasteiger partial charge in [-0.3, -0.25) is 4.79 Å². The van der Waals surface area contributed by atoms with Crippen molar-refractivity contribution in [2.45, 2.75) is 24.0 Å². The van der Waals surface area contributed by atoms with Gasteiger partial charge in [0.15, 0.2) is 0 Å². The Morgan fingerprint density at radius 2 is 1.96 bits per heavy atom. The summed E-state index contributed by atoms with van der Waals surface area (Å²) in [7, 11) is -3.98. The van der Waals surface area contributed by atoms with Crippen LogP contribution < -0.4 is 10.5 Å². The van der Waals surface area contributed by atoms with Gasteiger partial charge in [0.25, 0.3) is 0 Å². The minimum atomic E-state index is -3.98. The van der Waals surface area contributed by atoms with E-state index in [2.05, 4.69) is 5.32 Å². The third kappa shape index (κ3) is 5.27. The summed E-state index contributed by atoms with van der Waals surface area (Å²) in [6.07, 6.45) is 0.0185. The highest BCUT2D eigenvalue weighted by atomic mass is 35.5. The smallest absolute Gasteiger partial charge is 0.238 e. The van der Waals surface area contributed by atoms with Crippen LogP contribution in [-0.4, -0.2) is 33.6 Å². The molecule has 1 aliphatic rings. The van der Waals surface area contributed by atoms with Crippen LogP contribution in [0.3, 0.4) is 0 Å². The second kappa shape index (κ2) is 8.37. The lowest BCUT2D eigenvalue weighted by molar-refractivity contribution is -0.135. The van der Waals surface area contributed by atoms with E-state index in [0.717, 1.165) is 0 Å². The Kier molecular flexibility index (Phi) is 6.13. The molecule has 0 aromatic heterocycles. The first-order valence-electron chi connectivity index (χ1n) is 8.21. The summed E-state index contributed by atoms with van der Waals surface area (Å²) < 4.78 is 34.4.